The summed E-state index contributed by atoms with van der Waals surface area (Å²) in [6, 6.07) is 14.0. The van der Waals surface area contributed by atoms with Gasteiger partial charge in [0.2, 0.25) is 11.8 Å². The first-order valence-corrected chi connectivity index (χ1v) is 10.2. The van der Waals surface area contributed by atoms with Crippen LogP contribution < -0.4 is 10.2 Å². The normalized spacial score (nSPS) is 18.8. The number of anilines is 2. The number of carbonyl (C=O) groups excluding carboxylic acids is 2. The van der Waals surface area contributed by atoms with Crippen LogP contribution in [-0.4, -0.2) is 53.1 Å². The zero-order chi connectivity index (χ0) is 20.4. The molecule has 0 bridgehead atoms. The van der Waals surface area contributed by atoms with Gasteiger partial charge in [-0.1, -0.05) is 12.1 Å². The summed E-state index contributed by atoms with van der Waals surface area (Å²) in [5, 5.41) is 13.2. The number of fused-ring (bicyclic) bond motifs is 1. The molecule has 2 aliphatic rings. The monoisotopic (exact) mass is 412 g/mol. The van der Waals surface area contributed by atoms with Crippen LogP contribution in [0.4, 0.5) is 17.1 Å². The number of thioether (sulfide) groups is 1. The highest BCUT2D eigenvalue weighted by molar-refractivity contribution is 8.01. The minimum Gasteiger partial charge on any atom is -0.368 e. The summed E-state index contributed by atoms with van der Waals surface area (Å²) in [7, 11) is 0. The molecule has 0 unspecified atom stereocenters. The molecule has 2 aliphatic heterocycles. The predicted octanol–water partition coefficient (Wildman–Crippen LogP) is 2.75. The maximum atomic E-state index is 12.7. The molecule has 8 nitrogen and oxygen atoms in total. The number of non-ortho nitro benzene ring substituents is 1. The molecular formula is C20H20N4O4S. The number of para-hydroxylation sites is 1. The molecule has 1 N–H and O–H groups in total. The Hall–Kier alpha value is -3.07. The number of rotatable bonds is 4. The van der Waals surface area contributed by atoms with Crippen LogP contribution in [0.1, 0.15) is 6.42 Å². The largest absolute Gasteiger partial charge is 0.368 e. The van der Waals surface area contributed by atoms with Crippen molar-refractivity contribution in [3.63, 3.8) is 0 Å². The van der Waals surface area contributed by atoms with Crippen molar-refractivity contribution in [1.29, 1.82) is 0 Å². The summed E-state index contributed by atoms with van der Waals surface area (Å²) in [6.45, 7) is 2.42. The van der Waals surface area contributed by atoms with E-state index in [1.54, 1.807) is 17.0 Å². The summed E-state index contributed by atoms with van der Waals surface area (Å²) in [6.07, 6.45) is 0.169. The van der Waals surface area contributed by atoms with Gasteiger partial charge in [0, 0.05) is 55.3 Å². The first kappa shape index (κ1) is 19.3. The van der Waals surface area contributed by atoms with Crippen molar-refractivity contribution in [2.24, 2.45) is 0 Å². The van der Waals surface area contributed by atoms with Gasteiger partial charge in [-0.05, 0) is 24.3 Å². The fraction of sp³-hybridized carbons (Fsp3) is 0.300. The third kappa shape index (κ3) is 4.19. The quantitative estimate of drug-likeness (QED) is 0.613. The van der Waals surface area contributed by atoms with Crippen LogP contribution in [0.25, 0.3) is 0 Å². The molecule has 0 aromatic heterocycles. The number of carbonyl (C=O) groups is 2. The van der Waals surface area contributed by atoms with Crippen molar-refractivity contribution < 1.29 is 14.5 Å². The number of piperazine rings is 1. The van der Waals surface area contributed by atoms with E-state index in [1.165, 1.54) is 23.9 Å². The van der Waals surface area contributed by atoms with E-state index in [0.29, 0.717) is 26.2 Å². The van der Waals surface area contributed by atoms with Gasteiger partial charge < -0.3 is 15.1 Å². The molecule has 0 radical (unpaired) electrons. The SMILES string of the molecule is O=C1Nc2ccccc2S[C@@H]1CC(=O)N1CCN(c2ccc([N+](=O)[O-])cc2)CC1. The fourth-order valence-corrected chi connectivity index (χ4v) is 4.62. The predicted molar refractivity (Wildman–Crippen MR) is 111 cm³/mol. The van der Waals surface area contributed by atoms with E-state index in [0.717, 1.165) is 16.3 Å². The van der Waals surface area contributed by atoms with Crippen molar-refractivity contribution in [1.82, 2.24) is 4.90 Å². The molecular weight excluding hydrogens is 392 g/mol. The molecule has 2 heterocycles. The second-order valence-electron chi connectivity index (χ2n) is 6.94. The molecule has 4 rings (SSSR count). The lowest BCUT2D eigenvalue weighted by Gasteiger charge is -2.36. The Bertz CT molecular complexity index is 942. The lowest BCUT2D eigenvalue weighted by molar-refractivity contribution is -0.384. The number of nitro benzene ring substituents is 1. The van der Waals surface area contributed by atoms with Crippen molar-refractivity contribution in [3.8, 4) is 0 Å². The summed E-state index contributed by atoms with van der Waals surface area (Å²) in [5.74, 6) is -0.160. The van der Waals surface area contributed by atoms with Crippen molar-refractivity contribution >= 4 is 40.6 Å². The smallest absolute Gasteiger partial charge is 0.269 e. The van der Waals surface area contributed by atoms with Crippen LogP contribution >= 0.6 is 11.8 Å². The molecule has 150 valence electrons. The van der Waals surface area contributed by atoms with Crippen LogP contribution in [-0.2, 0) is 9.59 Å². The number of amides is 2. The molecule has 29 heavy (non-hydrogen) atoms. The molecule has 1 fully saturated rings. The first-order chi connectivity index (χ1) is 14.0. The van der Waals surface area contributed by atoms with Crippen LogP contribution in [0, 0.1) is 10.1 Å². The van der Waals surface area contributed by atoms with E-state index in [9.17, 15) is 19.7 Å². The Morgan fingerprint density at radius 1 is 1.10 bits per heavy atom. The first-order valence-electron chi connectivity index (χ1n) is 9.35. The molecule has 0 spiro atoms. The molecule has 0 saturated carbocycles. The Labute approximate surface area is 172 Å². The number of nitrogens with one attached hydrogen (secondary N) is 1. The van der Waals surface area contributed by atoms with Crippen molar-refractivity contribution in [3.05, 3.63) is 58.6 Å². The van der Waals surface area contributed by atoms with Gasteiger partial charge in [-0.25, -0.2) is 0 Å². The van der Waals surface area contributed by atoms with Gasteiger partial charge in [-0.2, -0.15) is 0 Å². The second kappa shape index (κ2) is 8.12. The highest BCUT2D eigenvalue weighted by Gasteiger charge is 2.31. The van der Waals surface area contributed by atoms with E-state index in [4.69, 9.17) is 0 Å². The standard InChI is InChI=1S/C20H20N4O4S/c25-19(13-18-20(26)21-16-3-1-2-4-17(16)29-18)23-11-9-22(10-12-23)14-5-7-15(8-6-14)24(27)28/h1-8,18H,9-13H2,(H,21,26)/t18-/m1/s1. The lowest BCUT2D eigenvalue weighted by Crippen LogP contribution is -2.49. The second-order valence-corrected chi connectivity index (χ2v) is 8.18. The molecule has 0 aliphatic carbocycles. The summed E-state index contributed by atoms with van der Waals surface area (Å²) < 4.78 is 0. The van der Waals surface area contributed by atoms with E-state index >= 15 is 0 Å². The van der Waals surface area contributed by atoms with Gasteiger partial charge in [0.25, 0.3) is 5.69 Å². The molecule has 1 atom stereocenters. The average molecular weight is 412 g/mol. The van der Waals surface area contributed by atoms with Crippen molar-refractivity contribution in [2.45, 2.75) is 16.6 Å². The average Bonchev–Trinajstić information content (AvgIpc) is 2.74. The summed E-state index contributed by atoms with van der Waals surface area (Å²) >= 11 is 1.43. The van der Waals surface area contributed by atoms with Crippen LogP contribution in [0.3, 0.4) is 0 Å². The Morgan fingerprint density at radius 3 is 2.48 bits per heavy atom. The molecule has 2 aromatic rings. The van der Waals surface area contributed by atoms with E-state index in [-0.39, 0.29) is 23.9 Å². The van der Waals surface area contributed by atoms with E-state index < -0.39 is 10.2 Å². The highest BCUT2D eigenvalue weighted by atomic mass is 32.2. The molecule has 2 amide bonds. The van der Waals surface area contributed by atoms with Crippen molar-refractivity contribution in [2.75, 3.05) is 36.4 Å². The number of nitro groups is 1. The molecule has 1 saturated heterocycles. The molecule has 9 heteroatoms. The van der Waals surface area contributed by atoms with Crippen LogP contribution in [0.2, 0.25) is 0 Å². The fourth-order valence-electron chi connectivity index (χ4n) is 3.51. The molecule has 2 aromatic carbocycles. The van der Waals surface area contributed by atoms with Gasteiger partial charge >= 0.3 is 0 Å². The van der Waals surface area contributed by atoms with Gasteiger partial charge in [0.05, 0.1) is 15.9 Å². The zero-order valence-electron chi connectivity index (χ0n) is 15.6. The Balaban J connectivity index is 1.32. The Morgan fingerprint density at radius 2 is 1.79 bits per heavy atom. The van der Waals surface area contributed by atoms with Gasteiger partial charge in [0.15, 0.2) is 0 Å². The topological polar surface area (TPSA) is 95.8 Å². The summed E-state index contributed by atoms with van der Waals surface area (Å²) in [5.41, 5.74) is 1.76. The third-order valence-electron chi connectivity index (χ3n) is 5.12. The number of nitrogens with zero attached hydrogens (tertiary/aromatic N) is 3. The van der Waals surface area contributed by atoms with E-state index in [2.05, 4.69) is 10.2 Å². The maximum Gasteiger partial charge on any atom is 0.269 e. The van der Waals surface area contributed by atoms with Gasteiger partial charge in [-0.15, -0.1) is 11.8 Å². The number of hydrogen-bond donors (Lipinski definition) is 1. The summed E-state index contributed by atoms with van der Waals surface area (Å²) in [4.78, 5) is 40.3. The van der Waals surface area contributed by atoms with E-state index in [1.807, 2.05) is 24.3 Å². The van der Waals surface area contributed by atoms with Gasteiger partial charge in [-0.3, -0.25) is 19.7 Å². The third-order valence-corrected chi connectivity index (χ3v) is 6.40. The zero-order valence-corrected chi connectivity index (χ0v) is 16.4. The number of benzene rings is 2. The maximum absolute atomic E-state index is 12.7. The lowest BCUT2D eigenvalue weighted by atomic mass is 10.2. The highest BCUT2D eigenvalue weighted by Crippen LogP contribution is 2.36. The van der Waals surface area contributed by atoms with Gasteiger partial charge in [0.1, 0.15) is 0 Å². The minimum atomic E-state index is -0.426. The minimum absolute atomic E-state index is 0.0274. The Kier molecular flexibility index (Phi) is 5.39. The van der Waals surface area contributed by atoms with Crippen LogP contribution in [0.15, 0.2) is 53.4 Å². The number of hydrogen-bond acceptors (Lipinski definition) is 6. The van der Waals surface area contributed by atoms with Crippen LogP contribution in [0.5, 0.6) is 0 Å².